The fraction of sp³-hybridized carbons (Fsp3) is 0. The number of carbonyl (C=O) groups excluding carboxylic acids is 1. The van der Waals surface area contributed by atoms with Crippen LogP contribution in [0.15, 0.2) is 44.5 Å². The summed E-state index contributed by atoms with van der Waals surface area (Å²) in [7, 11) is 0. The highest BCUT2D eigenvalue weighted by molar-refractivity contribution is 6.00. The fourth-order valence-corrected chi connectivity index (χ4v) is 1.85. The van der Waals surface area contributed by atoms with Gasteiger partial charge in [-0.25, -0.2) is 9.59 Å². The average molecular weight is 226 g/mol. The first-order valence-corrected chi connectivity index (χ1v) is 4.91. The van der Waals surface area contributed by atoms with E-state index >= 15 is 0 Å². The van der Waals surface area contributed by atoms with Crippen LogP contribution in [0.4, 0.5) is 5.69 Å². The second-order valence-corrected chi connectivity index (χ2v) is 3.56. The van der Waals surface area contributed by atoms with Crippen LogP contribution in [0.2, 0.25) is 0 Å². The lowest BCUT2D eigenvalue weighted by Crippen LogP contribution is -1.92. The van der Waals surface area contributed by atoms with Crippen molar-refractivity contribution in [2.24, 2.45) is 4.99 Å². The third kappa shape index (κ3) is 1.46. The lowest BCUT2D eigenvalue weighted by molar-refractivity contribution is 0.555. The molecule has 3 aromatic rings. The van der Waals surface area contributed by atoms with Crippen LogP contribution in [0, 0.1) is 0 Å². The van der Waals surface area contributed by atoms with Crippen LogP contribution < -0.4 is 5.76 Å². The van der Waals surface area contributed by atoms with Crippen LogP contribution in [0.3, 0.4) is 0 Å². The molecular weight excluding hydrogens is 220 g/mol. The molecule has 3 rings (SSSR count). The average Bonchev–Trinajstić information content (AvgIpc) is 2.66. The Balaban J connectivity index is 2.50. The fourth-order valence-electron chi connectivity index (χ4n) is 1.85. The van der Waals surface area contributed by atoms with Gasteiger partial charge in [0.2, 0.25) is 6.08 Å². The molecule has 0 atom stereocenters. The summed E-state index contributed by atoms with van der Waals surface area (Å²) in [6.45, 7) is 0. The Kier molecular flexibility index (Phi) is 1.93. The van der Waals surface area contributed by atoms with Gasteiger partial charge in [0.25, 0.3) is 0 Å². The summed E-state index contributed by atoms with van der Waals surface area (Å²) >= 11 is 0. The Labute approximate surface area is 94.4 Å². The van der Waals surface area contributed by atoms with E-state index in [4.69, 9.17) is 4.42 Å². The third-order valence-corrected chi connectivity index (χ3v) is 2.56. The molecular formula is C12H6N2O3. The number of aromatic nitrogens is 1. The topological polar surface area (TPSA) is 75.4 Å². The number of H-pyrrole nitrogens is 1. The molecule has 0 unspecified atom stereocenters. The number of hydrogen-bond acceptors (Lipinski definition) is 4. The normalized spacial score (nSPS) is 10.6. The van der Waals surface area contributed by atoms with E-state index in [1.807, 2.05) is 6.07 Å². The molecule has 0 amide bonds. The van der Waals surface area contributed by atoms with Crippen molar-refractivity contribution in [1.29, 1.82) is 0 Å². The summed E-state index contributed by atoms with van der Waals surface area (Å²) < 4.78 is 4.96. The van der Waals surface area contributed by atoms with Crippen LogP contribution in [0.25, 0.3) is 21.9 Å². The molecule has 1 heterocycles. The van der Waals surface area contributed by atoms with Gasteiger partial charge < -0.3 is 4.42 Å². The van der Waals surface area contributed by atoms with Crippen LogP contribution in [0.1, 0.15) is 0 Å². The van der Waals surface area contributed by atoms with E-state index in [2.05, 4.69) is 9.98 Å². The molecule has 0 bridgehead atoms. The van der Waals surface area contributed by atoms with E-state index in [0.29, 0.717) is 16.8 Å². The molecule has 5 heteroatoms. The molecule has 0 aliphatic heterocycles. The van der Waals surface area contributed by atoms with Gasteiger partial charge in [0.15, 0.2) is 5.58 Å². The zero-order valence-electron chi connectivity index (χ0n) is 8.56. The maximum absolute atomic E-state index is 11.1. The van der Waals surface area contributed by atoms with Crippen molar-refractivity contribution in [3.63, 3.8) is 0 Å². The van der Waals surface area contributed by atoms with Gasteiger partial charge in [0, 0.05) is 5.39 Å². The van der Waals surface area contributed by atoms with Crippen LogP contribution in [-0.2, 0) is 4.79 Å². The van der Waals surface area contributed by atoms with Gasteiger partial charge >= 0.3 is 5.76 Å². The van der Waals surface area contributed by atoms with E-state index in [1.165, 1.54) is 6.08 Å². The number of nitrogens with one attached hydrogen (secondary N) is 1. The highest BCUT2D eigenvalue weighted by Gasteiger charge is 2.06. The Morgan fingerprint density at radius 2 is 2.18 bits per heavy atom. The number of nitrogens with zero attached hydrogens (tertiary/aromatic N) is 1. The molecule has 0 saturated heterocycles. The number of hydrogen-bond donors (Lipinski definition) is 1. The van der Waals surface area contributed by atoms with E-state index in [0.717, 1.165) is 10.8 Å². The van der Waals surface area contributed by atoms with Gasteiger partial charge in [0.05, 0.1) is 11.2 Å². The van der Waals surface area contributed by atoms with Crippen molar-refractivity contribution in [2.45, 2.75) is 0 Å². The van der Waals surface area contributed by atoms with Crippen molar-refractivity contribution < 1.29 is 9.21 Å². The van der Waals surface area contributed by atoms with Crippen LogP contribution in [-0.4, -0.2) is 11.1 Å². The molecule has 0 saturated carbocycles. The van der Waals surface area contributed by atoms with E-state index in [1.54, 1.807) is 24.3 Å². The SMILES string of the molecule is O=C=Nc1cccc2cc3[nH]c(=O)oc3cc12. The van der Waals surface area contributed by atoms with E-state index in [-0.39, 0.29) is 0 Å². The van der Waals surface area contributed by atoms with E-state index in [9.17, 15) is 9.59 Å². The number of oxazole rings is 1. The molecule has 5 nitrogen and oxygen atoms in total. The van der Waals surface area contributed by atoms with Crippen molar-refractivity contribution >= 4 is 33.6 Å². The quantitative estimate of drug-likeness (QED) is 0.510. The molecule has 82 valence electrons. The first-order valence-electron chi connectivity index (χ1n) is 4.91. The molecule has 17 heavy (non-hydrogen) atoms. The lowest BCUT2D eigenvalue weighted by atomic mass is 10.1. The monoisotopic (exact) mass is 226 g/mol. The van der Waals surface area contributed by atoms with Crippen molar-refractivity contribution in [2.75, 3.05) is 0 Å². The summed E-state index contributed by atoms with van der Waals surface area (Å²) in [4.78, 5) is 27.6. The van der Waals surface area contributed by atoms with Gasteiger partial charge in [-0.05, 0) is 23.6 Å². The maximum atomic E-state index is 11.1. The molecule has 0 radical (unpaired) electrons. The zero-order valence-corrected chi connectivity index (χ0v) is 8.56. The third-order valence-electron chi connectivity index (χ3n) is 2.56. The minimum absolute atomic E-state index is 0.441. The second-order valence-electron chi connectivity index (χ2n) is 3.56. The number of fused-ring (bicyclic) bond motifs is 2. The number of benzene rings is 2. The van der Waals surface area contributed by atoms with Crippen molar-refractivity contribution in [3.8, 4) is 0 Å². The molecule has 0 aliphatic carbocycles. The van der Waals surface area contributed by atoms with Crippen molar-refractivity contribution in [3.05, 3.63) is 40.9 Å². The smallest absolute Gasteiger partial charge is 0.408 e. The molecule has 1 aromatic heterocycles. The molecule has 0 spiro atoms. The first kappa shape index (κ1) is 9.57. The summed E-state index contributed by atoms with van der Waals surface area (Å²) in [6.07, 6.45) is 1.50. The Bertz CT molecular complexity index is 822. The standard InChI is InChI=1S/C12H6N2O3/c15-6-13-9-3-1-2-7-4-10-11(5-8(7)9)17-12(16)14-10/h1-5H,(H,14,16). The molecule has 0 aliphatic rings. The largest absolute Gasteiger partial charge is 0.417 e. The van der Waals surface area contributed by atoms with Crippen molar-refractivity contribution in [1.82, 2.24) is 4.98 Å². The lowest BCUT2D eigenvalue weighted by Gasteiger charge is -1.99. The summed E-state index contributed by atoms with van der Waals surface area (Å²) in [6, 6.07) is 8.80. The van der Waals surface area contributed by atoms with Gasteiger partial charge in [-0.1, -0.05) is 12.1 Å². The minimum Gasteiger partial charge on any atom is -0.408 e. The Hall–Kier alpha value is -2.65. The molecule has 1 N–H and O–H groups in total. The highest BCUT2D eigenvalue weighted by atomic mass is 16.4. The second kappa shape index (κ2) is 3.43. The van der Waals surface area contributed by atoms with Gasteiger partial charge in [0.1, 0.15) is 0 Å². The predicted octanol–water partition coefficient (Wildman–Crippen LogP) is 2.24. The first-order chi connectivity index (χ1) is 8.28. The number of aliphatic imine (C=N–C) groups is 1. The molecule has 0 fully saturated rings. The Morgan fingerprint density at radius 1 is 1.29 bits per heavy atom. The minimum atomic E-state index is -0.504. The Morgan fingerprint density at radius 3 is 3.00 bits per heavy atom. The summed E-state index contributed by atoms with van der Waals surface area (Å²) in [5.41, 5.74) is 1.56. The van der Waals surface area contributed by atoms with Crippen LogP contribution >= 0.6 is 0 Å². The van der Waals surface area contributed by atoms with Gasteiger partial charge in [-0.15, -0.1) is 0 Å². The predicted molar refractivity (Wildman–Crippen MR) is 62.1 cm³/mol. The van der Waals surface area contributed by atoms with E-state index < -0.39 is 5.76 Å². The number of isocyanates is 1. The highest BCUT2D eigenvalue weighted by Crippen LogP contribution is 2.28. The van der Waals surface area contributed by atoms with Crippen LogP contribution in [0.5, 0.6) is 0 Å². The van der Waals surface area contributed by atoms with Gasteiger partial charge in [-0.3, -0.25) is 4.98 Å². The summed E-state index contributed by atoms with van der Waals surface area (Å²) in [5, 5.41) is 1.61. The summed E-state index contributed by atoms with van der Waals surface area (Å²) in [5.74, 6) is -0.504. The maximum Gasteiger partial charge on any atom is 0.417 e. The number of aromatic amines is 1. The molecule has 2 aromatic carbocycles. The number of rotatable bonds is 1. The zero-order chi connectivity index (χ0) is 11.8. The van der Waals surface area contributed by atoms with Gasteiger partial charge in [-0.2, -0.15) is 4.99 Å².